The second-order valence-electron chi connectivity index (χ2n) is 9.00. The van der Waals surface area contributed by atoms with Crippen molar-refractivity contribution in [3.63, 3.8) is 0 Å². The lowest BCUT2D eigenvalue weighted by Gasteiger charge is -2.61. The Kier molecular flexibility index (Phi) is 3.87. The summed E-state index contributed by atoms with van der Waals surface area (Å²) in [5, 5.41) is 10.4. The van der Waals surface area contributed by atoms with Gasteiger partial charge in [-0.05, 0) is 82.0 Å². The zero-order chi connectivity index (χ0) is 16.2. The van der Waals surface area contributed by atoms with Gasteiger partial charge in [0, 0.05) is 0 Å². The summed E-state index contributed by atoms with van der Waals surface area (Å²) in [6.45, 7) is 6.56. The Morgan fingerprint density at radius 1 is 1.09 bits per heavy atom. The smallest absolute Gasteiger partial charge is 0.311 e. The highest BCUT2D eigenvalue weighted by Crippen LogP contribution is 2.64. The Bertz CT molecular complexity index is 458. The van der Waals surface area contributed by atoms with Gasteiger partial charge in [-0.15, -0.1) is 0 Å². The maximum absolute atomic E-state index is 12.5. The summed E-state index contributed by atoms with van der Waals surface area (Å²) < 4.78 is 5.18. The highest BCUT2D eigenvalue weighted by Gasteiger charge is 2.60. The van der Waals surface area contributed by atoms with Crippen LogP contribution in [0.25, 0.3) is 0 Å². The third kappa shape index (κ3) is 2.31. The first-order chi connectivity index (χ1) is 10.2. The normalized spacial score (nSPS) is 51.6. The highest BCUT2D eigenvalue weighted by atomic mass is 16.5. The number of carbonyl (C=O) groups excluding carboxylic acids is 1. The molecule has 3 rings (SSSR count). The number of methoxy groups -OCH3 is 1. The van der Waals surface area contributed by atoms with E-state index in [0.29, 0.717) is 17.8 Å². The summed E-state index contributed by atoms with van der Waals surface area (Å²) in [6.07, 6.45) is 8.55. The molecular formula is C19H32O3. The average molecular weight is 308 g/mol. The van der Waals surface area contributed by atoms with E-state index in [1.807, 2.05) is 6.92 Å². The molecule has 0 aromatic rings. The van der Waals surface area contributed by atoms with Crippen LogP contribution in [0.15, 0.2) is 0 Å². The summed E-state index contributed by atoms with van der Waals surface area (Å²) in [5.74, 6) is 1.72. The lowest BCUT2D eigenvalue weighted by molar-refractivity contribution is -0.180. The van der Waals surface area contributed by atoms with Crippen LogP contribution in [-0.4, -0.2) is 23.8 Å². The van der Waals surface area contributed by atoms with Gasteiger partial charge in [0.2, 0.25) is 0 Å². The number of ether oxygens (including phenoxy) is 1. The van der Waals surface area contributed by atoms with Gasteiger partial charge >= 0.3 is 5.97 Å². The average Bonchev–Trinajstić information content (AvgIpc) is 2.44. The van der Waals surface area contributed by atoms with Gasteiger partial charge in [0.25, 0.3) is 0 Å². The van der Waals surface area contributed by atoms with E-state index in [4.69, 9.17) is 4.74 Å². The van der Waals surface area contributed by atoms with Gasteiger partial charge in [0.1, 0.15) is 0 Å². The van der Waals surface area contributed by atoms with Crippen molar-refractivity contribution < 1.29 is 14.6 Å². The van der Waals surface area contributed by atoms with Gasteiger partial charge in [-0.3, -0.25) is 4.79 Å². The van der Waals surface area contributed by atoms with Crippen LogP contribution in [0.2, 0.25) is 0 Å². The molecule has 3 heteroatoms. The summed E-state index contributed by atoms with van der Waals surface area (Å²) in [7, 11) is 1.53. The van der Waals surface area contributed by atoms with E-state index < -0.39 is 5.60 Å². The first kappa shape index (κ1) is 16.3. The number of esters is 1. The summed E-state index contributed by atoms with van der Waals surface area (Å²) >= 11 is 0. The predicted octanol–water partition coefficient (Wildman–Crippen LogP) is 3.93. The van der Waals surface area contributed by atoms with Gasteiger partial charge in [-0.2, -0.15) is 0 Å². The van der Waals surface area contributed by atoms with Crippen molar-refractivity contribution in [3.05, 3.63) is 0 Å². The van der Waals surface area contributed by atoms with E-state index in [1.165, 1.54) is 13.5 Å². The maximum Gasteiger partial charge on any atom is 0.311 e. The van der Waals surface area contributed by atoms with Crippen molar-refractivity contribution >= 4 is 5.97 Å². The van der Waals surface area contributed by atoms with E-state index in [9.17, 15) is 9.90 Å². The Labute approximate surface area is 134 Å². The topological polar surface area (TPSA) is 46.5 Å². The van der Waals surface area contributed by atoms with Crippen molar-refractivity contribution in [3.8, 4) is 0 Å². The molecule has 3 aliphatic rings. The molecule has 0 bridgehead atoms. The molecule has 22 heavy (non-hydrogen) atoms. The molecule has 126 valence electrons. The van der Waals surface area contributed by atoms with Gasteiger partial charge in [0.05, 0.1) is 18.1 Å². The highest BCUT2D eigenvalue weighted by molar-refractivity contribution is 5.77. The van der Waals surface area contributed by atoms with Crippen molar-refractivity contribution in [2.45, 2.75) is 77.7 Å². The number of fused-ring (bicyclic) bond motifs is 3. The maximum atomic E-state index is 12.5. The molecule has 3 fully saturated rings. The molecule has 3 saturated carbocycles. The Morgan fingerprint density at radius 3 is 2.50 bits per heavy atom. The Morgan fingerprint density at radius 2 is 1.82 bits per heavy atom. The van der Waals surface area contributed by atoms with Crippen LogP contribution in [0.4, 0.5) is 0 Å². The van der Waals surface area contributed by atoms with E-state index in [1.54, 1.807) is 0 Å². The SMILES string of the molecule is COC(=O)[C@]1(C)CCC[C@@]2(C)[C@H]1CC[C@@H]1C[C@](C)(O)CC[C@@H]12. The Hall–Kier alpha value is -0.570. The van der Waals surface area contributed by atoms with Crippen LogP contribution in [-0.2, 0) is 9.53 Å². The molecule has 0 radical (unpaired) electrons. The van der Waals surface area contributed by atoms with Gasteiger partial charge in [-0.1, -0.05) is 13.3 Å². The fourth-order valence-corrected chi connectivity index (χ4v) is 6.55. The summed E-state index contributed by atoms with van der Waals surface area (Å²) in [6, 6.07) is 0. The minimum atomic E-state index is -0.481. The minimum absolute atomic E-state index is 0.00955. The molecule has 3 aliphatic carbocycles. The predicted molar refractivity (Wildman–Crippen MR) is 86.3 cm³/mol. The molecule has 0 aliphatic heterocycles. The van der Waals surface area contributed by atoms with E-state index in [0.717, 1.165) is 44.9 Å². The van der Waals surface area contributed by atoms with E-state index in [-0.39, 0.29) is 16.8 Å². The van der Waals surface area contributed by atoms with Crippen LogP contribution in [0, 0.1) is 28.6 Å². The molecule has 1 N–H and O–H groups in total. The number of hydrogen-bond donors (Lipinski definition) is 1. The van der Waals surface area contributed by atoms with Crippen LogP contribution >= 0.6 is 0 Å². The molecule has 0 heterocycles. The molecule has 6 atom stereocenters. The number of carbonyl (C=O) groups is 1. The van der Waals surface area contributed by atoms with Gasteiger partial charge < -0.3 is 9.84 Å². The van der Waals surface area contributed by atoms with Crippen LogP contribution in [0.3, 0.4) is 0 Å². The first-order valence-electron chi connectivity index (χ1n) is 9.04. The third-order valence-electron chi connectivity index (χ3n) is 7.57. The molecule has 3 nitrogen and oxygen atoms in total. The van der Waals surface area contributed by atoms with E-state index >= 15 is 0 Å². The lowest BCUT2D eigenvalue weighted by atomic mass is 9.43. The second kappa shape index (κ2) is 5.22. The fraction of sp³-hybridized carbons (Fsp3) is 0.947. The van der Waals surface area contributed by atoms with Crippen molar-refractivity contribution in [1.29, 1.82) is 0 Å². The fourth-order valence-electron chi connectivity index (χ4n) is 6.55. The summed E-state index contributed by atoms with van der Waals surface area (Å²) in [5.41, 5.74) is -0.558. The quantitative estimate of drug-likeness (QED) is 0.747. The summed E-state index contributed by atoms with van der Waals surface area (Å²) in [4.78, 5) is 12.5. The molecular weight excluding hydrogens is 276 g/mol. The standard InChI is InChI=1S/C19H32O3/c1-17(21)11-8-14-13(12-17)6-7-15-18(14,2)9-5-10-19(15,3)16(20)22-4/h13-15,21H,5-12H2,1-4H3/t13-,14+,15-,17-,18-,19-/m1/s1. The molecule has 0 unspecified atom stereocenters. The second-order valence-corrected chi connectivity index (χ2v) is 9.00. The zero-order valence-corrected chi connectivity index (χ0v) is 14.7. The van der Waals surface area contributed by atoms with E-state index in [2.05, 4.69) is 13.8 Å². The number of hydrogen-bond acceptors (Lipinski definition) is 3. The van der Waals surface area contributed by atoms with Crippen LogP contribution in [0.5, 0.6) is 0 Å². The molecule has 0 aromatic heterocycles. The largest absolute Gasteiger partial charge is 0.469 e. The lowest BCUT2D eigenvalue weighted by Crippen LogP contribution is -2.57. The minimum Gasteiger partial charge on any atom is -0.469 e. The van der Waals surface area contributed by atoms with Crippen molar-refractivity contribution in [1.82, 2.24) is 0 Å². The molecule has 0 amide bonds. The first-order valence-corrected chi connectivity index (χ1v) is 9.04. The third-order valence-corrected chi connectivity index (χ3v) is 7.57. The molecule has 0 spiro atoms. The molecule has 0 saturated heterocycles. The monoisotopic (exact) mass is 308 g/mol. The number of rotatable bonds is 1. The Balaban J connectivity index is 1.90. The van der Waals surface area contributed by atoms with Crippen molar-refractivity contribution in [2.75, 3.05) is 7.11 Å². The van der Waals surface area contributed by atoms with Crippen molar-refractivity contribution in [2.24, 2.45) is 28.6 Å². The zero-order valence-electron chi connectivity index (χ0n) is 14.7. The van der Waals surface area contributed by atoms with Crippen LogP contribution < -0.4 is 0 Å². The van der Waals surface area contributed by atoms with Gasteiger partial charge in [-0.25, -0.2) is 0 Å². The molecule has 0 aromatic carbocycles. The number of aliphatic hydroxyl groups is 1. The van der Waals surface area contributed by atoms with Crippen LogP contribution in [0.1, 0.15) is 72.1 Å². The van der Waals surface area contributed by atoms with Gasteiger partial charge in [0.15, 0.2) is 0 Å².